The van der Waals surface area contributed by atoms with Gasteiger partial charge in [0.2, 0.25) is 0 Å². The van der Waals surface area contributed by atoms with Crippen molar-refractivity contribution in [1.82, 2.24) is 4.98 Å². The minimum absolute atomic E-state index is 0.662. The van der Waals surface area contributed by atoms with Crippen LogP contribution in [0.4, 0.5) is 0 Å². The van der Waals surface area contributed by atoms with Crippen molar-refractivity contribution < 1.29 is 0 Å². The summed E-state index contributed by atoms with van der Waals surface area (Å²) in [6.07, 6.45) is 4.45. The van der Waals surface area contributed by atoms with Crippen LogP contribution in [0.25, 0.3) is 11.1 Å². The fourth-order valence-corrected chi connectivity index (χ4v) is 1.26. The Morgan fingerprint density at radius 3 is 2.86 bits per heavy atom. The molecule has 0 aliphatic heterocycles. The number of nitrogens with zero attached hydrogens (tertiary/aromatic N) is 2. The molecule has 0 aliphatic rings. The Morgan fingerprint density at radius 1 is 1.21 bits per heavy atom. The van der Waals surface area contributed by atoms with Gasteiger partial charge in [0.15, 0.2) is 0 Å². The molecule has 0 N–H and O–H groups in total. The van der Waals surface area contributed by atoms with Crippen LogP contribution in [0.3, 0.4) is 0 Å². The van der Waals surface area contributed by atoms with Gasteiger partial charge in [-0.3, -0.25) is 4.98 Å². The fraction of sp³-hybridized carbons (Fsp3) is 0. The predicted molar refractivity (Wildman–Crippen MR) is 53.2 cm³/mol. The lowest BCUT2D eigenvalue weighted by Gasteiger charge is -1.99. The molecule has 2 aromatic rings. The topological polar surface area (TPSA) is 36.7 Å². The van der Waals surface area contributed by atoms with Crippen molar-refractivity contribution in [1.29, 1.82) is 5.26 Å². The van der Waals surface area contributed by atoms with Gasteiger partial charge in [-0.25, -0.2) is 0 Å². The molecule has 0 bridgehead atoms. The van der Waals surface area contributed by atoms with Gasteiger partial charge in [0.25, 0.3) is 0 Å². The molecule has 0 fully saturated rings. The molecule has 2 nitrogen and oxygen atoms in total. The molecule has 0 saturated heterocycles. The summed E-state index contributed by atoms with van der Waals surface area (Å²) in [4.78, 5) is 3.91. The Morgan fingerprint density at radius 2 is 2.14 bits per heavy atom. The molecule has 1 aromatic carbocycles. The zero-order chi connectivity index (χ0) is 9.80. The summed E-state index contributed by atoms with van der Waals surface area (Å²) in [5, 5.41) is 8.74. The Kier molecular flexibility index (Phi) is 2.24. The molecule has 0 aliphatic carbocycles. The lowest BCUT2D eigenvalue weighted by atomic mass is 10.1. The van der Waals surface area contributed by atoms with E-state index in [0.29, 0.717) is 5.56 Å². The van der Waals surface area contributed by atoms with Crippen LogP contribution in [0.5, 0.6) is 0 Å². The number of hydrogen-bond acceptors (Lipinski definition) is 2. The normalized spacial score (nSPS) is 9.36. The van der Waals surface area contributed by atoms with E-state index in [-0.39, 0.29) is 0 Å². The number of nitriles is 1. The number of benzene rings is 1. The van der Waals surface area contributed by atoms with E-state index in [2.05, 4.69) is 17.3 Å². The Labute approximate surface area is 82.5 Å². The summed E-state index contributed by atoms with van der Waals surface area (Å²) in [5.41, 5.74) is 2.67. The third-order valence-corrected chi connectivity index (χ3v) is 1.94. The molecular weight excluding hydrogens is 172 g/mol. The summed E-state index contributed by atoms with van der Waals surface area (Å²) in [5.74, 6) is 0. The van der Waals surface area contributed by atoms with Gasteiger partial charge in [0, 0.05) is 11.8 Å². The van der Waals surface area contributed by atoms with E-state index in [9.17, 15) is 0 Å². The third kappa shape index (κ3) is 1.62. The van der Waals surface area contributed by atoms with E-state index in [1.807, 2.05) is 24.3 Å². The summed E-state index contributed by atoms with van der Waals surface area (Å²) >= 11 is 0. The second-order valence-electron chi connectivity index (χ2n) is 2.87. The highest BCUT2D eigenvalue weighted by atomic mass is 14.6. The summed E-state index contributed by atoms with van der Waals surface area (Å²) in [6.45, 7) is 0. The highest BCUT2D eigenvalue weighted by Crippen LogP contribution is 2.18. The average Bonchev–Trinajstić information content (AvgIpc) is 2.30. The highest BCUT2D eigenvalue weighted by molar-refractivity contribution is 5.63. The molecule has 65 valence electrons. The van der Waals surface area contributed by atoms with Crippen LogP contribution in [0.15, 0.2) is 42.6 Å². The summed E-state index contributed by atoms with van der Waals surface area (Å²) in [6, 6.07) is 13.2. The number of rotatable bonds is 1. The van der Waals surface area contributed by atoms with Crippen molar-refractivity contribution in [3.05, 3.63) is 54.4 Å². The molecule has 1 radical (unpaired) electrons. The van der Waals surface area contributed by atoms with Crippen LogP contribution >= 0.6 is 0 Å². The molecule has 14 heavy (non-hydrogen) atoms. The molecule has 2 rings (SSSR count). The van der Waals surface area contributed by atoms with Gasteiger partial charge in [0.1, 0.15) is 0 Å². The lowest BCUT2D eigenvalue weighted by molar-refractivity contribution is 1.31. The Balaban J connectivity index is 2.49. The van der Waals surface area contributed by atoms with Crippen molar-refractivity contribution in [3.63, 3.8) is 0 Å². The van der Waals surface area contributed by atoms with Crippen LogP contribution in [-0.4, -0.2) is 4.98 Å². The fourth-order valence-electron chi connectivity index (χ4n) is 1.26. The van der Waals surface area contributed by atoms with Crippen LogP contribution < -0.4 is 0 Å². The van der Waals surface area contributed by atoms with Gasteiger partial charge in [-0.1, -0.05) is 18.2 Å². The molecule has 0 amide bonds. The number of pyridine rings is 1. The monoisotopic (exact) mass is 179 g/mol. The van der Waals surface area contributed by atoms with Crippen molar-refractivity contribution in [3.8, 4) is 17.2 Å². The van der Waals surface area contributed by atoms with Gasteiger partial charge >= 0.3 is 0 Å². The Hall–Kier alpha value is -2.14. The quantitative estimate of drug-likeness (QED) is 0.674. The SMILES string of the molecule is N#Cc1cccc(-c2cc[c]nc2)c1. The zero-order valence-electron chi connectivity index (χ0n) is 7.44. The van der Waals surface area contributed by atoms with Gasteiger partial charge in [-0.2, -0.15) is 5.26 Å². The summed E-state index contributed by atoms with van der Waals surface area (Å²) in [7, 11) is 0. The van der Waals surface area contributed by atoms with E-state index in [0.717, 1.165) is 11.1 Å². The molecule has 1 heterocycles. The number of hydrogen-bond donors (Lipinski definition) is 0. The average molecular weight is 179 g/mol. The Bertz CT molecular complexity index is 469. The molecule has 0 atom stereocenters. The van der Waals surface area contributed by atoms with Gasteiger partial charge < -0.3 is 0 Å². The van der Waals surface area contributed by atoms with Crippen LogP contribution in [0, 0.1) is 17.5 Å². The highest BCUT2D eigenvalue weighted by Gasteiger charge is 1.97. The zero-order valence-corrected chi connectivity index (χ0v) is 7.44. The molecule has 0 spiro atoms. The predicted octanol–water partition coefficient (Wildman–Crippen LogP) is 2.42. The van der Waals surface area contributed by atoms with Gasteiger partial charge in [0.05, 0.1) is 17.8 Å². The van der Waals surface area contributed by atoms with E-state index in [1.54, 1.807) is 18.3 Å². The van der Waals surface area contributed by atoms with Gasteiger partial charge in [-0.05, 0) is 23.8 Å². The maximum atomic E-state index is 8.74. The van der Waals surface area contributed by atoms with E-state index >= 15 is 0 Å². The van der Waals surface area contributed by atoms with Crippen LogP contribution in [0.1, 0.15) is 5.56 Å². The molecular formula is C12H7N2. The molecule has 0 saturated carbocycles. The molecule has 2 heteroatoms. The first kappa shape index (κ1) is 8.46. The maximum Gasteiger partial charge on any atom is 0.0991 e. The van der Waals surface area contributed by atoms with E-state index < -0.39 is 0 Å². The van der Waals surface area contributed by atoms with Crippen molar-refractivity contribution >= 4 is 0 Å². The lowest BCUT2D eigenvalue weighted by Crippen LogP contribution is -1.80. The van der Waals surface area contributed by atoms with Crippen LogP contribution in [0.2, 0.25) is 0 Å². The summed E-state index contributed by atoms with van der Waals surface area (Å²) < 4.78 is 0. The minimum atomic E-state index is 0.662. The van der Waals surface area contributed by atoms with E-state index in [4.69, 9.17) is 5.26 Å². The van der Waals surface area contributed by atoms with Crippen molar-refractivity contribution in [2.75, 3.05) is 0 Å². The van der Waals surface area contributed by atoms with Crippen molar-refractivity contribution in [2.24, 2.45) is 0 Å². The number of aromatic nitrogens is 1. The maximum absolute atomic E-state index is 8.74. The molecule has 0 unspecified atom stereocenters. The minimum Gasteiger partial charge on any atom is -0.254 e. The first-order valence-corrected chi connectivity index (χ1v) is 4.23. The van der Waals surface area contributed by atoms with Crippen LogP contribution in [-0.2, 0) is 0 Å². The molecule has 1 aromatic heterocycles. The second kappa shape index (κ2) is 3.71. The van der Waals surface area contributed by atoms with E-state index in [1.165, 1.54) is 0 Å². The van der Waals surface area contributed by atoms with Gasteiger partial charge in [-0.15, -0.1) is 0 Å². The smallest absolute Gasteiger partial charge is 0.0991 e. The second-order valence-corrected chi connectivity index (χ2v) is 2.87. The first-order valence-electron chi connectivity index (χ1n) is 4.23. The first-order chi connectivity index (χ1) is 6.90. The largest absolute Gasteiger partial charge is 0.254 e. The van der Waals surface area contributed by atoms with Crippen molar-refractivity contribution in [2.45, 2.75) is 0 Å². The third-order valence-electron chi connectivity index (χ3n) is 1.94. The standard InChI is InChI=1S/C12H7N2/c13-8-10-3-1-4-11(7-10)12-5-2-6-14-9-12/h1-5,7,9H.